The fourth-order valence-electron chi connectivity index (χ4n) is 0.907. The van der Waals surface area contributed by atoms with Crippen LogP contribution in [-0.2, 0) is 0 Å². The summed E-state index contributed by atoms with van der Waals surface area (Å²) in [6, 6.07) is 10.3. The standard InChI is InChI=1S/C9H10.C5H9N/c1-3-9-7-5-4-6-8(9)2;1-3-5(2)4-6/h3-7H,1H2,2H3;5H,3H2,1-2H3. The molecule has 1 nitrogen and oxygen atoms in total. The summed E-state index contributed by atoms with van der Waals surface area (Å²) in [5.41, 5.74) is 2.50. The molecule has 0 N–H and O–H groups in total. The Hall–Kier alpha value is -1.55. The molecular weight excluding hydrogens is 182 g/mol. The van der Waals surface area contributed by atoms with Gasteiger partial charge in [0.25, 0.3) is 0 Å². The van der Waals surface area contributed by atoms with Crippen molar-refractivity contribution in [2.75, 3.05) is 0 Å². The van der Waals surface area contributed by atoms with E-state index in [9.17, 15) is 0 Å². The van der Waals surface area contributed by atoms with E-state index in [0.717, 1.165) is 6.42 Å². The number of aryl methyl sites for hydroxylation is 1. The summed E-state index contributed by atoms with van der Waals surface area (Å²) >= 11 is 0. The van der Waals surface area contributed by atoms with Gasteiger partial charge in [0.2, 0.25) is 0 Å². The van der Waals surface area contributed by atoms with E-state index in [-0.39, 0.29) is 5.92 Å². The van der Waals surface area contributed by atoms with Gasteiger partial charge in [0.15, 0.2) is 0 Å². The quantitative estimate of drug-likeness (QED) is 0.703. The van der Waals surface area contributed by atoms with Gasteiger partial charge in [-0.3, -0.25) is 0 Å². The Morgan fingerprint density at radius 3 is 2.33 bits per heavy atom. The van der Waals surface area contributed by atoms with E-state index >= 15 is 0 Å². The molecule has 0 bridgehead atoms. The summed E-state index contributed by atoms with van der Waals surface area (Å²) in [7, 11) is 0. The molecule has 1 heteroatoms. The summed E-state index contributed by atoms with van der Waals surface area (Å²) in [6.45, 7) is 9.70. The third-order valence-corrected chi connectivity index (χ3v) is 2.24. The van der Waals surface area contributed by atoms with E-state index in [2.05, 4.69) is 31.7 Å². The van der Waals surface area contributed by atoms with Crippen LogP contribution in [0.1, 0.15) is 31.4 Å². The lowest BCUT2D eigenvalue weighted by Gasteiger charge is -1.95. The molecule has 0 aliphatic carbocycles. The molecular formula is C14H19N. The van der Waals surface area contributed by atoms with Crippen molar-refractivity contribution in [3.8, 4) is 6.07 Å². The highest BCUT2D eigenvalue weighted by Gasteiger charge is 1.88. The molecule has 1 aromatic carbocycles. The smallest absolute Gasteiger partial charge is 0.0652 e. The Labute approximate surface area is 93.1 Å². The fourth-order valence-corrected chi connectivity index (χ4v) is 0.907. The van der Waals surface area contributed by atoms with Crippen molar-refractivity contribution in [3.63, 3.8) is 0 Å². The summed E-state index contributed by atoms with van der Waals surface area (Å²) < 4.78 is 0. The van der Waals surface area contributed by atoms with Crippen molar-refractivity contribution < 1.29 is 0 Å². The van der Waals surface area contributed by atoms with Crippen LogP contribution in [0.15, 0.2) is 30.8 Å². The number of rotatable bonds is 2. The minimum Gasteiger partial charge on any atom is -0.198 e. The maximum absolute atomic E-state index is 8.08. The van der Waals surface area contributed by atoms with Gasteiger partial charge in [0.1, 0.15) is 0 Å². The first-order valence-electron chi connectivity index (χ1n) is 5.23. The number of nitrogens with zero attached hydrogens (tertiary/aromatic N) is 1. The van der Waals surface area contributed by atoms with Crippen LogP contribution in [0.2, 0.25) is 0 Å². The Kier molecular flexibility index (Phi) is 7.01. The summed E-state index contributed by atoms with van der Waals surface area (Å²) in [5.74, 6) is 0.241. The summed E-state index contributed by atoms with van der Waals surface area (Å²) in [6.07, 6.45) is 2.84. The molecule has 0 radical (unpaired) electrons. The van der Waals surface area contributed by atoms with Crippen molar-refractivity contribution in [2.45, 2.75) is 27.2 Å². The lowest BCUT2D eigenvalue weighted by Crippen LogP contribution is -1.81. The molecule has 0 fully saturated rings. The molecule has 0 aliphatic rings. The molecule has 0 spiro atoms. The third-order valence-electron chi connectivity index (χ3n) is 2.24. The third kappa shape index (κ3) is 5.70. The molecule has 1 atom stereocenters. The molecule has 0 saturated heterocycles. The van der Waals surface area contributed by atoms with Crippen LogP contribution in [0, 0.1) is 24.2 Å². The topological polar surface area (TPSA) is 23.8 Å². The van der Waals surface area contributed by atoms with Crippen LogP contribution in [0.4, 0.5) is 0 Å². The van der Waals surface area contributed by atoms with Crippen LogP contribution < -0.4 is 0 Å². The first-order chi connectivity index (χ1) is 7.15. The summed E-state index contributed by atoms with van der Waals surface area (Å²) in [4.78, 5) is 0. The van der Waals surface area contributed by atoms with E-state index in [4.69, 9.17) is 5.26 Å². The van der Waals surface area contributed by atoms with Gasteiger partial charge >= 0.3 is 0 Å². The van der Waals surface area contributed by atoms with Crippen molar-refractivity contribution in [2.24, 2.45) is 5.92 Å². The predicted molar refractivity (Wildman–Crippen MR) is 66.3 cm³/mol. The molecule has 0 amide bonds. The van der Waals surface area contributed by atoms with Crippen LogP contribution in [-0.4, -0.2) is 0 Å². The Morgan fingerprint density at radius 2 is 2.07 bits per heavy atom. The Bertz CT molecular complexity index is 333. The minimum atomic E-state index is 0.241. The fraction of sp³-hybridized carbons (Fsp3) is 0.357. The van der Waals surface area contributed by atoms with Gasteiger partial charge < -0.3 is 0 Å². The van der Waals surface area contributed by atoms with E-state index in [1.807, 2.05) is 32.1 Å². The first kappa shape index (κ1) is 13.4. The van der Waals surface area contributed by atoms with Gasteiger partial charge in [-0.05, 0) is 31.4 Å². The molecule has 1 rings (SSSR count). The van der Waals surface area contributed by atoms with Crippen LogP contribution in [0.25, 0.3) is 6.08 Å². The Morgan fingerprint density at radius 1 is 1.47 bits per heavy atom. The van der Waals surface area contributed by atoms with Crippen molar-refractivity contribution in [1.82, 2.24) is 0 Å². The normalized spacial score (nSPS) is 10.5. The number of nitriles is 1. The molecule has 0 aromatic heterocycles. The lowest BCUT2D eigenvalue weighted by molar-refractivity contribution is 0.713. The van der Waals surface area contributed by atoms with Crippen LogP contribution >= 0.6 is 0 Å². The second-order valence-electron chi connectivity index (χ2n) is 3.50. The minimum absolute atomic E-state index is 0.241. The van der Waals surface area contributed by atoms with E-state index in [1.54, 1.807) is 0 Å². The van der Waals surface area contributed by atoms with E-state index in [1.165, 1.54) is 11.1 Å². The van der Waals surface area contributed by atoms with Gasteiger partial charge in [-0.15, -0.1) is 0 Å². The van der Waals surface area contributed by atoms with Gasteiger partial charge in [0.05, 0.1) is 6.07 Å². The highest BCUT2D eigenvalue weighted by Crippen LogP contribution is 2.06. The van der Waals surface area contributed by atoms with E-state index < -0.39 is 0 Å². The van der Waals surface area contributed by atoms with Crippen LogP contribution in [0.5, 0.6) is 0 Å². The highest BCUT2D eigenvalue weighted by molar-refractivity contribution is 5.50. The molecule has 0 heterocycles. The number of hydrogen-bond acceptors (Lipinski definition) is 1. The molecule has 80 valence electrons. The second kappa shape index (κ2) is 7.82. The van der Waals surface area contributed by atoms with Crippen LogP contribution in [0.3, 0.4) is 0 Å². The predicted octanol–water partition coefficient (Wildman–Crippen LogP) is 4.19. The Balaban J connectivity index is 0.000000288. The maximum atomic E-state index is 8.08. The summed E-state index contributed by atoms with van der Waals surface area (Å²) in [5, 5.41) is 8.08. The zero-order chi connectivity index (χ0) is 11.7. The van der Waals surface area contributed by atoms with E-state index in [0.29, 0.717) is 0 Å². The van der Waals surface area contributed by atoms with Gasteiger partial charge in [-0.1, -0.05) is 43.8 Å². The highest BCUT2D eigenvalue weighted by atomic mass is 14.2. The largest absolute Gasteiger partial charge is 0.198 e. The lowest BCUT2D eigenvalue weighted by atomic mass is 10.1. The molecule has 1 aromatic rings. The first-order valence-corrected chi connectivity index (χ1v) is 5.23. The van der Waals surface area contributed by atoms with Gasteiger partial charge in [-0.2, -0.15) is 5.26 Å². The zero-order valence-corrected chi connectivity index (χ0v) is 9.83. The van der Waals surface area contributed by atoms with Crippen molar-refractivity contribution >= 4 is 6.08 Å². The zero-order valence-electron chi connectivity index (χ0n) is 9.83. The molecule has 0 aliphatic heterocycles. The van der Waals surface area contributed by atoms with Crippen molar-refractivity contribution in [3.05, 3.63) is 42.0 Å². The molecule has 0 saturated carbocycles. The molecule has 15 heavy (non-hydrogen) atoms. The van der Waals surface area contributed by atoms with Crippen molar-refractivity contribution in [1.29, 1.82) is 5.26 Å². The second-order valence-corrected chi connectivity index (χ2v) is 3.50. The average molecular weight is 201 g/mol. The average Bonchev–Trinajstić information content (AvgIpc) is 2.29. The van der Waals surface area contributed by atoms with Gasteiger partial charge in [-0.25, -0.2) is 0 Å². The number of benzene rings is 1. The maximum Gasteiger partial charge on any atom is 0.0652 e. The van der Waals surface area contributed by atoms with Gasteiger partial charge in [0, 0.05) is 5.92 Å². The SMILES string of the molecule is C=Cc1ccccc1C.CCC(C)C#N. The number of hydrogen-bond donors (Lipinski definition) is 0. The monoisotopic (exact) mass is 201 g/mol. The molecule has 1 unspecified atom stereocenters.